The van der Waals surface area contributed by atoms with Crippen molar-refractivity contribution < 1.29 is 4.79 Å². The van der Waals surface area contributed by atoms with Crippen molar-refractivity contribution in [2.75, 3.05) is 5.32 Å². The predicted molar refractivity (Wildman–Crippen MR) is 89.6 cm³/mol. The Morgan fingerprint density at radius 3 is 2.87 bits per heavy atom. The molecule has 2 N–H and O–H groups in total. The summed E-state index contributed by atoms with van der Waals surface area (Å²) >= 11 is 0. The van der Waals surface area contributed by atoms with Gasteiger partial charge in [0, 0.05) is 11.4 Å². The van der Waals surface area contributed by atoms with Crippen LogP contribution < -0.4 is 10.9 Å². The maximum atomic E-state index is 12.4. The van der Waals surface area contributed by atoms with E-state index in [1.807, 2.05) is 39.0 Å². The van der Waals surface area contributed by atoms with Crippen molar-refractivity contribution >= 4 is 22.6 Å². The van der Waals surface area contributed by atoms with Gasteiger partial charge in [0.05, 0.1) is 5.39 Å². The molecule has 0 atom stereocenters. The van der Waals surface area contributed by atoms with Crippen molar-refractivity contribution in [1.29, 1.82) is 0 Å². The van der Waals surface area contributed by atoms with Crippen LogP contribution in [0.15, 0.2) is 35.4 Å². The van der Waals surface area contributed by atoms with Gasteiger partial charge in [-0.3, -0.25) is 14.2 Å². The van der Waals surface area contributed by atoms with Crippen molar-refractivity contribution in [3.05, 3.63) is 57.8 Å². The topological polar surface area (TPSA) is 79.8 Å². The fourth-order valence-corrected chi connectivity index (χ4v) is 2.52. The minimum Gasteiger partial charge on any atom is -0.343 e. The first-order valence-electron chi connectivity index (χ1n) is 7.36. The third-order valence-corrected chi connectivity index (χ3v) is 3.94. The Bertz CT molecular complexity index is 953. The van der Waals surface area contributed by atoms with Crippen LogP contribution in [-0.4, -0.2) is 20.4 Å². The van der Waals surface area contributed by atoms with Gasteiger partial charge in [0.1, 0.15) is 18.5 Å². The smallest absolute Gasteiger partial charge is 0.263 e. The second kappa shape index (κ2) is 5.72. The quantitative estimate of drug-likeness (QED) is 0.779. The first kappa shape index (κ1) is 15.0. The zero-order chi connectivity index (χ0) is 16.6. The summed E-state index contributed by atoms with van der Waals surface area (Å²) < 4.78 is 1.32. The molecule has 3 aromatic rings. The minimum absolute atomic E-state index is 0.0701. The molecule has 0 aliphatic heterocycles. The lowest BCUT2D eigenvalue weighted by atomic mass is 10.1. The van der Waals surface area contributed by atoms with E-state index in [1.54, 1.807) is 6.07 Å². The van der Waals surface area contributed by atoms with Crippen LogP contribution in [0.4, 0.5) is 5.69 Å². The van der Waals surface area contributed by atoms with Crippen LogP contribution >= 0.6 is 0 Å². The standard InChI is InChI=1S/C17H18N4O2/c1-10-5-4-6-14(12(10)3)20-15(22)8-21-9-18-16-13(17(21)23)7-11(2)19-16/h4-7,9,19H,8H2,1-3H3,(H,20,22). The summed E-state index contributed by atoms with van der Waals surface area (Å²) in [7, 11) is 0. The molecule has 0 unspecified atom stereocenters. The van der Waals surface area contributed by atoms with Crippen LogP contribution in [-0.2, 0) is 11.3 Å². The fourth-order valence-electron chi connectivity index (χ4n) is 2.52. The van der Waals surface area contributed by atoms with E-state index in [0.29, 0.717) is 11.0 Å². The number of carbonyl (C=O) groups excluding carboxylic acids is 1. The van der Waals surface area contributed by atoms with Gasteiger partial charge < -0.3 is 10.3 Å². The number of hydrogen-bond acceptors (Lipinski definition) is 3. The third-order valence-electron chi connectivity index (χ3n) is 3.94. The SMILES string of the molecule is Cc1cc2c(=O)n(CC(=O)Nc3cccc(C)c3C)cnc2[nH]1. The number of aryl methyl sites for hydroxylation is 2. The van der Waals surface area contributed by atoms with Gasteiger partial charge in [-0.15, -0.1) is 0 Å². The summed E-state index contributed by atoms with van der Waals surface area (Å²) in [5, 5.41) is 3.34. The number of amides is 1. The molecule has 0 aliphatic rings. The molecule has 23 heavy (non-hydrogen) atoms. The van der Waals surface area contributed by atoms with Gasteiger partial charge in [-0.2, -0.15) is 0 Å². The van der Waals surface area contributed by atoms with Gasteiger partial charge in [0.15, 0.2) is 0 Å². The molecule has 0 fully saturated rings. The van der Waals surface area contributed by atoms with Crippen molar-refractivity contribution in [3.63, 3.8) is 0 Å². The van der Waals surface area contributed by atoms with E-state index in [9.17, 15) is 9.59 Å². The minimum atomic E-state index is -0.255. The molecule has 118 valence electrons. The molecule has 1 aromatic carbocycles. The highest BCUT2D eigenvalue weighted by Gasteiger charge is 2.11. The number of aromatic amines is 1. The second-order valence-corrected chi connectivity index (χ2v) is 5.69. The first-order valence-corrected chi connectivity index (χ1v) is 7.36. The monoisotopic (exact) mass is 310 g/mol. The van der Waals surface area contributed by atoms with E-state index in [2.05, 4.69) is 15.3 Å². The van der Waals surface area contributed by atoms with E-state index >= 15 is 0 Å². The lowest BCUT2D eigenvalue weighted by Gasteiger charge is -2.11. The normalized spacial score (nSPS) is 10.9. The molecule has 6 nitrogen and oxygen atoms in total. The number of H-pyrrole nitrogens is 1. The Kier molecular flexibility index (Phi) is 3.73. The molecule has 1 amide bonds. The lowest BCUT2D eigenvalue weighted by Crippen LogP contribution is -2.27. The summed E-state index contributed by atoms with van der Waals surface area (Å²) in [5.74, 6) is -0.255. The molecule has 0 saturated heterocycles. The molecule has 2 aromatic heterocycles. The fraction of sp³-hybridized carbons (Fsp3) is 0.235. The van der Waals surface area contributed by atoms with Crippen molar-refractivity contribution in [2.45, 2.75) is 27.3 Å². The number of hydrogen-bond donors (Lipinski definition) is 2. The zero-order valence-corrected chi connectivity index (χ0v) is 13.3. The van der Waals surface area contributed by atoms with E-state index in [4.69, 9.17) is 0 Å². The summed E-state index contributed by atoms with van der Waals surface area (Å²) in [6, 6.07) is 7.46. The Balaban J connectivity index is 1.84. The highest BCUT2D eigenvalue weighted by molar-refractivity contribution is 5.91. The first-order chi connectivity index (χ1) is 11.0. The average Bonchev–Trinajstić information content (AvgIpc) is 2.88. The van der Waals surface area contributed by atoms with Gasteiger partial charge >= 0.3 is 0 Å². The third kappa shape index (κ3) is 2.88. The van der Waals surface area contributed by atoms with Gasteiger partial charge in [-0.25, -0.2) is 4.98 Å². The Morgan fingerprint density at radius 2 is 2.09 bits per heavy atom. The second-order valence-electron chi connectivity index (χ2n) is 5.69. The summed E-state index contributed by atoms with van der Waals surface area (Å²) in [5.41, 5.74) is 4.06. The summed E-state index contributed by atoms with van der Waals surface area (Å²) in [4.78, 5) is 31.8. The number of benzene rings is 1. The lowest BCUT2D eigenvalue weighted by molar-refractivity contribution is -0.116. The van der Waals surface area contributed by atoms with Crippen molar-refractivity contribution in [1.82, 2.24) is 14.5 Å². The highest BCUT2D eigenvalue weighted by Crippen LogP contribution is 2.17. The Morgan fingerprint density at radius 1 is 1.30 bits per heavy atom. The van der Waals surface area contributed by atoms with Gasteiger partial charge in [-0.05, 0) is 44.0 Å². The summed E-state index contributed by atoms with van der Waals surface area (Å²) in [6.07, 6.45) is 1.39. The van der Waals surface area contributed by atoms with Crippen LogP contribution in [0.1, 0.15) is 16.8 Å². The molecule has 0 bridgehead atoms. The average molecular weight is 310 g/mol. The summed E-state index contributed by atoms with van der Waals surface area (Å²) in [6.45, 7) is 5.73. The molecule has 3 rings (SSSR count). The Hall–Kier alpha value is -2.89. The van der Waals surface area contributed by atoms with Crippen molar-refractivity contribution in [2.24, 2.45) is 0 Å². The number of nitrogens with one attached hydrogen (secondary N) is 2. The molecular formula is C17H18N4O2. The number of nitrogens with zero attached hydrogens (tertiary/aromatic N) is 2. The number of anilines is 1. The van der Waals surface area contributed by atoms with Crippen LogP contribution in [0.2, 0.25) is 0 Å². The number of aromatic nitrogens is 3. The Labute approximate surface area is 133 Å². The van der Waals surface area contributed by atoms with Crippen LogP contribution in [0.25, 0.3) is 11.0 Å². The van der Waals surface area contributed by atoms with Gasteiger partial charge in [-0.1, -0.05) is 12.1 Å². The van der Waals surface area contributed by atoms with E-state index in [1.165, 1.54) is 10.9 Å². The number of rotatable bonds is 3. The predicted octanol–water partition coefficient (Wildman–Crippen LogP) is 2.29. The number of carbonyl (C=O) groups is 1. The van der Waals surface area contributed by atoms with Crippen LogP contribution in [0.3, 0.4) is 0 Å². The molecular weight excluding hydrogens is 292 g/mol. The van der Waals surface area contributed by atoms with E-state index in [-0.39, 0.29) is 18.0 Å². The van der Waals surface area contributed by atoms with Crippen LogP contribution in [0, 0.1) is 20.8 Å². The largest absolute Gasteiger partial charge is 0.343 e. The molecule has 6 heteroatoms. The maximum Gasteiger partial charge on any atom is 0.263 e. The highest BCUT2D eigenvalue weighted by atomic mass is 16.2. The van der Waals surface area contributed by atoms with Crippen LogP contribution in [0.5, 0.6) is 0 Å². The molecule has 2 heterocycles. The van der Waals surface area contributed by atoms with Gasteiger partial charge in [0.2, 0.25) is 5.91 Å². The molecule has 0 aliphatic carbocycles. The van der Waals surface area contributed by atoms with E-state index < -0.39 is 0 Å². The maximum absolute atomic E-state index is 12.4. The molecule has 0 radical (unpaired) electrons. The number of fused-ring (bicyclic) bond motifs is 1. The molecule has 0 spiro atoms. The van der Waals surface area contributed by atoms with Gasteiger partial charge in [0.25, 0.3) is 5.56 Å². The van der Waals surface area contributed by atoms with E-state index in [0.717, 1.165) is 22.5 Å². The van der Waals surface area contributed by atoms with Crippen molar-refractivity contribution in [3.8, 4) is 0 Å². The zero-order valence-electron chi connectivity index (χ0n) is 13.3. The molecule has 0 saturated carbocycles.